The van der Waals surface area contributed by atoms with Gasteiger partial charge in [-0.05, 0) is 12.8 Å². The van der Waals surface area contributed by atoms with E-state index < -0.39 is 0 Å². The lowest BCUT2D eigenvalue weighted by Crippen LogP contribution is -2.03. The molecule has 0 rings (SSSR count). The SMILES string of the molecule is CCCCOCCC(C)C=O. The van der Waals surface area contributed by atoms with E-state index >= 15 is 0 Å². The summed E-state index contributed by atoms with van der Waals surface area (Å²) < 4.78 is 5.29. The van der Waals surface area contributed by atoms with Crippen molar-refractivity contribution in [3.8, 4) is 0 Å². The van der Waals surface area contributed by atoms with Crippen LogP contribution < -0.4 is 0 Å². The molecule has 0 saturated heterocycles. The third-order valence-electron chi connectivity index (χ3n) is 1.59. The average molecular weight is 158 g/mol. The minimum Gasteiger partial charge on any atom is -0.381 e. The summed E-state index contributed by atoms with van der Waals surface area (Å²) in [5.41, 5.74) is 0. The molecule has 0 fully saturated rings. The van der Waals surface area contributed by atoms with E-state index in [9.17, 15) is 4.79 Å². The van der Waals surface area contributed by atoms with Crippen LogP contribution in [0.25, 0.3) is 0 Å². The van der Waals surface area contributed by atoms with Crippen LogP contribution in [-0.4, -0.2) is 19.5 Å². The van der Waals surface area contributed by atoms with Crippen molar-refractivity contribution in [2.24, 2.45) is 5.92 Å². The van der Waals surface area contributed by atoms with E-state index in [4.69, 9.17) is 4.74 Å². The quantitative estimate of drug-likeness (QED) is 0.418. The van der Waals surface area contributed by atoms with E-state index in [1.807, 2.05) is 6.92 Å². The van der Waals surface area contributed by atoms with Crippen LogP contribution in [0.3, 0.4) is 0 Å². The Balaban J connectivity index is 2.95. The molecular weight excluding hydrogens is 140 g/mol. The fourth-order valence-corrected chi connectivity index (χ4v) is 0.686. The molecule has 0 aromatic carbocycles. The van der Waals surface area contributed by atoms with Crippen LogP contribution in [0.2, 0.25) is 0 Å². The summed E-state index contributed by atoms with van der Waals surface area (Å²) in [7, 11) is 0. The zero-order valence-corrected chi connectivity index (χ0v) is 7.51. The van der Waals surface area contributed by atoms with Gasteiger partial charge in [-0.1, -0.05) is 20.3 Å². The van der Waals surface area contributed by atoms with Gasteiger partial charge in [-0.3, -0.25) is 0 Å². The Hall–Kier alpha value is -0.370. The normalized spacial score (nSPS) is 12.9. The van der Waals surface area contributed by atoms with Crippen LogP contribution in [0.15, 0.2) is 0 Å². The first kappa shape index (κ1) is 10.6. The number of carbonyl (C=O) groups is 1. The monoisotopic (exact) mass is 158 g/mol. The Morgan fingerprint density at radius 1 is 1.45 bits per heavy atom. The molecule has 1 unspecified atom stereocenters. The topological polar surface area (TPSA) is 26.3 Å². The molecular formula is C9H18O2. The highest BCUT2D eigenvalue weighted by atomic mass is 16.5. The maximum absolute atomic E-state index is 10.2. The van der Waals surface area contributed by atoms with Gasteiger partial charge in [0.2, 0.25) is 0 Å². The first-order valence-electron chi connectivity index (χ1n) is 4.34. The Morgan fingerprint density at radius 2 is 2.18 bits per heavy atom. The first-order chi connectivity index (χ1) is 5.31. The summed E-state index contributed by atoms with van der Waals surface area (Å²) in [4.78, 5) is 10.2. The third-order valence-corrected chi connectivity index (χ3v) is 1.59. The molecule has 0 aliphatic rings. The van der Waals surface area contributed by atoms with Crippen molar-refractivity contribution >= 4 is 6.29 Å². The number of ether oxygens (including phenoxy) is 1. The average Bonchev–Trinajstić information content (AvgIpc) is 2.04. The van der Waals surface area contributed by atoms with Gasteiger partial charge in [-0.25, -0.2) is 0 Å². The minimum absolute atomic E-state index is 0.150. The number of carbonyl (C=O) groups excluding carboxylic acids is 1. The van der Waals surface area contributed by atoms with Gasteiger partial charge in [-0.2, -0.15) is 0 Å². The number of rotatable bonds is 7. The fraction of sp³-hybridized carbons (Fsp3) is 0.889. The van der Waals surface area contributed by atoms with Gasteiger partial charge in [0.15, 0.2) is 0 Å². The molecule has 0 heterocycles. The van der Waals surface area contributed by atoms with Gasteiger partial charge in [0.1, 0.15) is 6.29 Å². The maximum Gasteiger partial charge on any atom is 0.122 e. The number of hydrogen-bond acceptors (Lipinski definition) is 2. The molecule has 2 nitrogen and oxygen atoms in total. The van der Waals surface area contributed by atoms with Gasteiger partial charge in [0, 0.05) is 19.1 Å². The summed E-state index contributed by atoms with van der Waals surface area (Å²) in [6, 6.07) is 0. The summed E-state index contributed by atoms with van der Waals surface area (Å²) >= 11 is 0. The summed E-state index contributed by atoms with van der Waals surface area (Å²) in [6.07, 6.45) is 4.12. The van der Waals surface area contributed by atoms with E-state index in [0.717, 1.165) is 32.3 Å². The minimum atomic E-state index is 0.150. The second-order valence-electron chi connectivity index (χ2n) is 2.87. The van der Waals surface area contributed by atoms with Crippen molar-refractivity contribution in [2.75, 3.05) is 13.2 Å². The van der Waals surface area contributed by atoms with Crippen LogP contribution >= 0.6 is 0 Å². The molecule has 0 spiro atoms. The lowest BCUT2D eigenvalue weighted by atomic mass is 10.1. The van der Waals surface area contributed by atoms with E-state index in [1.165, 1.54) is 6.42 Å². The Morgan fingerprint density at radius 3 is 2.73 bits per heavy atom. The molecule has 0 aliphatic carbocycles. The van der Waals surface area contributed by atoms with Gasteiger partial charge in [0.25, 0.3) is 0 Å². The predicted molar refractivity (Wildman–Crippen MR) is 45.6 cm³/mol. The van der Waals surface area contributed by atoms with Gasteiger partial charge < -0.3 is 9.53 Å². The van der Waals surface area contributed by atoms with Crippen LogP contribution in [0.1, 0.15) is 33.1 Å². The molecule has 0 radical (unpaired) electrons. The largest absolute Gasteiger partial charge is 0.381 e. The second-order valence-corrected chi connectivity index (χ2v) is 2.87. The summed E-state index contributed by atoms with van der Waals surface area (Å²) in [5, 5.41) is 0. The molecule has 0 aromatic rings. The number of hydrogen-bond donors (Lipinski definition) is 0. The van der Waals surface area contributed by atoms with Crippen LogP contribution in [-0.2, 0) is 9.53 Å². The van der Waals surface area contributed by atoms with Crippen LogP contribution in [0.5, 0.6) is 0 Å². The molecule has 0 bridgehead atoms. The zero-order chi connectivity index (χ0) is 8.53. The molecule has 0 aromatic heterocycles. The number of unbranched alkanes of at least 4 members (excludes halogenated alkanes) is 1. The maximum atomic E-state index is 10.2. The Labute approximate surface area is 68.9 Å². The lowest BCUT2D eigenvalue weighted by molar-refractivity contribution is -0.111. The first-order valence-corrected chi connectivity index (χ1v) is 4.34. The second kappa shape index (κ2) is 7.73. The fourth-order valence-electron chi connectivity index (χ4n) is 0.686. The van der Waals surface area contributed by atoms with Crippen molar-refractivity contribution in [3.63, 3.8) is 0 Å². The van der Waals surface area contributed by atoms with E-state index in [2.05, 4.69) is 6.92 Å². The highest BCUT2D eigenvalue weighted by Crippen LogP contribution is 1.97. The van der Waals surface area contributed by atoms with Gasteiger partial charge in [0.05, 0.1) is 0 Å². The summed E-state index contributed by atoms with van der Waals surface area (Å²) in [5.74, 6) is 0.150. The molecule has 2 heteroatoms. The van der Waals surface area contributed by atoms with E-state index in [-0.39, 0.29) is 5.92 Å². The third kappa shape index (κ3) is 7.53. The van der Waals surface area contributed by atoms with E-state index in [0.29, 0.717) is 0 Å². The molecule has 66 valence electrons. The van der Waals surface area contributed by atoms with Crippen molar-refractivity contribution in [1.82, 2.24) is 0 Å². The zero-order valence-electron chi connectivity index (χ0n) is 7.51. The van der Waals surface area contributed by atoms with Crippen molar-refractivity contribution < 1.29 is 9.53 Å². The van der Waals surface area contributed by atoms with E-state index in [1.54, 1.807) is 0 Å². The van der Waals surface area contributed by atoms with Crippen molar-refractivity contribution in [2.45, 2.75) is 33.1 Å². The van der Waals surface area contributed by atoms with Gasteiger partial charge in [-0.15, -0.1) is 0 Å². The van der Waals surface area contributed by atoms with Crippen LogP contribution in [0, 0.1) is 5.92 Å². The predicted octanol–water partition coefficient (Wildman–Crippen LogP) is 2.03. The Bertz CT molecular complexity index is 91.6. The summed E-state index contributed by atoms with van der Waals surface area (Å²) in [6.45, 7) is 5.61. The van der Waals surface area contributed by atoms with Crippen molar-refractivity contribution in [3.05, 3.63) is 0 Å². The molecule has 11 heavy (non-hydrogen) atoms. The lowest BCUT2D eigenvalue weighted by Gasteiger charge is -2.03. The number of aldehydes is 1. The standard InChI is InChI=1S/C9H18O2/c1-3-4-6-11-7-5-9(2)8-10/h8-9H,3-7H2,1-2H3. The highest BCUT2D eigenvalue weighted by Gasteiger charge is 1.97. The van der Waals surface area contributed by atoms with Crippen molar-refractivity contribution in [1.29, 1.82) is 0 Å². The molecule has 1 atom stereocenters. The highest BCUT2D eigenvalue weighted by molar-refractivity contribution is 5.52. The smallest absolute Gasteiger partial charge is 0.122 e. The molecule has 0 saturated carbocycles. The molecule has 0 N–H and O–H groups in total. The van der Waals surface area contributed by atoms with Crippen LogP contribution in [0.4, 0.5) is 0 Å². The molecule has 0 amide bonds. The molecule has 0 aliphatic heterocycles. The van der Waals surface area contributed by atoms with Gasteiger partial charge >= 0.3 is 0 Å². The Kier molecular flexibility index (Phi) is 7.47.